The number of aliphatic hydroxyl groups excluding tert-OH is 1. The Balaban J connectivity index is 1.81. The highest BCUT2D eigenvalue weighted by Crippen LogP contribution is 2.41. The van der Waals surface area contributed by atoms with Crippen molar-refractivity contribution < 1.29 is 5.11 Å². The third-order valence-corrected chi connectivity index (χ3v) is 5.07. The quantitative estimate of drug-likeness (QED) is 0.886. The second-order valence-electron chi connectivity index (χ2n) is 6.31. The van der Waals surface area contributed by atoms with Crippen molar-refractivity contribution >= 4 is 5.69 Å². The lowest BCUT2D eigenvalue weighted by atomic mass is 10.00. The highest BCUT2D eigenvalue weighted by atomic mass is 16.3. The van der Waals surface area contributed by atoms with E-state index in [1.54, 1.807) is 0 Å². The molecule has 2 fully saturated rings. The molecule has 3 rings (SSSR count). The molecule has 0 radical (unpaired) electrons. The molecule has 20 heavy (non-hydrogen) atoms. The van der Waals surface area contributed by atoms with Crippen molar-refractivity contribution in [2.24, 2.45) is 11.8 Å². The third-order valence-electron chi connectivity index (χ3n) is 5.07. The van der Waals surface area contributed by atoms with Gasteiger partial charge >= 0.3 is 0 Å². The maximum absolute atomic E-state index is 10.1. The zero-order valence-electron chi connectivity index (χ0n) is 12.5. The van der Waals surface area contributed by atoms with E-state index in [0.717, 1.165) is 26.1 Å². The Kier molecular flexibility index (Phi) is 3.99. The summed E-state index contributed by atoms with van der Waals surface area (Å²) in [4.78, 5) is 2.49. The molecule has 2 aliphatic rings. The van der Waals surface area contributed by atoms with Crippen molar-refractivity contribution in [2.75, 3.05) is 24.5 Å². The van der Waals surface area contributed by atoms with Crippen LogP contribution in [0.5, 0.6) is 0 Å². The molecule has 3 heteroatoms. The summed E-state index contributed by atoms with van der Waals surface area (Å²) in [5.74, 6) is 1.17. The Labute approximate surface area is 122 Å². The molecule has 3 nitrogen and oxygen atoms in total. The van der Waals surface area contributed by atoms with Gasteiger partial charge in [-0.3, -0.25) is 0 Å². The molecule has 2 N–H and O–H groups in total. The van der Waals surface area contributed by atoms with Crippen LogP contribution in [-0.2, 0) is 0 Å². The van der Waals surface area contributed by atoms with Gasteiger partial charge in [-0.2, -0.15) is 0 Å². The van der Waals surface area contributed by atoms with Gasteiger partial charge in [0.1, 0.15) is 0 Å². The van der Waals surface area contributed by atoms with Crippen molar-refractivity contribution in [3.05, 3.63) is 29.8 Å². The van der Waals surface area contributed by atoms with E-state index >= 15 is 0 Å². The van der Waals surface area contributed by atoms with E-state index in [-0.39, 0.29) is 6.10 Å². The molecule has 1 aliphatic heterocycles. The Morgan fingerprint density at radius 3 is 2.85 bits per heavy atom. The van der Waals surface area contributed by atoms with E-state index < -0.39 is 0 Å². The monoisotopic (exact) mass is 274 g/mol. The van der Waals surface area contributed by atoms with Crippen LogP contribution in [0, 0.1) is 11.8 Å². The molecule has 110 valence electrons. The van der Waals surface area contributed by atoms with Gasteiger partial charge in [0.25, 0.3) is 0 Å². The molecule has 1 saturated carbocycles. The highest BCUT2D eigenvalue weighted by Gasteiger charge is 2.42. The number of rotatable bonds is 4. The summed E-state index contributed by atoms with van der Waals surface area (Å²) in [6, 6.07) is 9.09. The third kappa shape index (κ3) is 2.45. The highest BCUT2D eigenvalue weighted by molar-refractivity contribution is 5.56. The van der Waals surface area contributed by atoms with Crippen molar-refractivity contribution in [1.29, 1.82) is 0 Å². The first-order valence-corrected chi connectivity index (χ1v) is 7.96. The van der Waals surface area contributed by atoms with Gasteiger partial charge in [-0.1, -0.05) is 25.1 Å². The second-order valence-corrected chi connectivity index (χ2v) is 6.31. The van der Waals surface area contributed by atoms with Gasteiger partial charge in [-0.05, 0) is 43.9 Å². The molecular weight excluding hydrogens is 248 g/mol. The lowest BCUT2D eigenvalue weighted by Crippen LogP contribution is -2.27. The summed E-state index contributed by atoms with van der Waals surface area (Å²) >= 11 is 0. The van der Waals surface area contributed by atoms with Gasteiger partial charge in [-0.15, -0.1) is 0 Å². The minimum atomic E-state index is -0.0802. The van der Waals surface area contributed by atoms with Crippen LogP contribution in [0.1, 0.15) is 38.3 Å². The van der Waals surface area contributed by atoms with Crippen LogP contribution in [-0.4, -0.2) is 30.8 Å². The minimum Gasteiger partial charge on any atom is -0.393 e. The predicted octanol–water partition coefficient (Wildman–Crippen LogP) is 2.56. The smallest absolute Gasteiger partial charge is 0.0588 e. The van der Waals surface area contributed by atoms with Crippen LogP contribution in [0.15, 0.2) is 24.3 Å². The summed E-state index contributed by atoms with van der Waals surface area (Å²) in [5.41, 5.74) is 2.73. The largest absolute Gasteiger partial charge is 0.393 e. The zero-order valence-corrected chi connectivity index (χ0v) is 12.5. The van der Waals surface area contributed by atoms with Crippen LogP contribution >= 0.6 is 0 Å². The Hall–Kier alpha value is -1.06. The van der Waals surface area contributed by atoms with Gasteiger partial charge in [0.2, 0.25) is 0 Å². The van der Waals surface area contributed by atoms with Gasteiger partial charge < -0.3 is 15.3 Å². The summed E-state index contributed by atoms with van der Waals surface area (Å²) in [6.07, 6.45) is 2.11. The number of benzene rings is 1. The van der Waals surface area contributed by atoms with Crippen molar-refractivity contribution in [1.82, 2.24) is 5.32 Å². The van der Waals surface area contributed by atoms with Crippen molar-refractivity contribution in [3.8, 4) is 0 Å². The Morgan fingerprint density at radius 1 is 1.30 bits per heavy atom. The molecule has 0 spiro atoms. The molecule has 1 aromatic rings. The van der Waals surface area contributed by atoms with Crippen LogP contribution in [0.2, 0.25) is 0 Å². The van der Waals surface area contributed by atoms with Gasteiger partial charge in [0.05, 0.1) is 6.10 Å². The maximum Gasteiger partial charge on any atom is 0.0588 e. The molecule has 1 aromatic carbocycles. The van der Waals surface area contributed by atoms with Gasteiger partial charge in [0.15, 0.2) is 0 Å². The van der Waals surface area contributed by atoms with Crippen molar-refractivity contribution in [2.45, 2.75) is 38.8 Å². The molecule has 1 saturated heterocycles. The fourth-order valence-electron chi connectivity index (χ4n) is 3.99. The number of hydrogen-bond acceptors (Lipinski definition) is 3. The van der Waals surface area contributed by atoms with Crippen LogP contribution in [0.3, 0.4) is 0 Å². The number of hydrogen-bond donors (Lipinski definition) is 2. The van der Waals surface area contributed by atoms with E-state index in [2.05, 4.69) is 48.3 Å². The summed E-state index contributed by atoms with van der Waals surface area (Å²) in [7, 11) is 0. The molecular formula is C17H26N2O. The lowest BCUT2D eigenvalue weighted by Gasteiger charge is -2.26. The fourth-order valence-corrected chi connectivity index (χ4v) is 3.99. The van der Waals surface area contributed by atoms with Crippen LogP contribution in [0.4, 0.5) is 5.69 Å². The van der Waals surface area contributed by atoms with E-state index in [0.29, 0.717) is 17.9 Å². The van der Waals surface area contributed by atoms with E-state index in [1.807, 2.05) is 0 Å². The van der Waals surface area contributed by atoms with Crippen LogP contribution in [0.25, 0.3) is 0 Å². The first kappa shape index (κ1) is 13.9. The number of aliphatic hydroxyl groups is 1. The first-order valence-electron chi connectivity index (χ1n) is 7.96. The number of anilines is 1. The van der Waals surface area contributed by atoms with Gasteiger partial charge in [0, 0.05) is 30.7 Å². The number of nitrogens with one attached hydrogen (secondary N) is 1. The normalized spacial score (nSPS) is 30.6. The molecule has 4 atom stereocenters. The molecule has 0 amide bonds. The molecule has 0 bridgehead atoms. The average Bonchev–Trinajstić information content (AvgIpc) is 3.02. The maximum atomic E-state index is 10.1. The van der Waals surface area contributed by atoms with E-state index in [1.165, 1.54) is 17.7 Å². The average molecular weight is 274 g/mol. The van der Waals surface area contributed by atoms with Crippen LogP contribution < -0.4 is 10.2 Å². The zero-order chi connectivity index (χ0) is 14.1. The topological polar surface area (TPSA) is 35.5 Å². The summed E-state index contributed by atoms with van der Waals surface area (Å²) in [6.45, 7) is 7.49. The predicted molar refractivity (Wildman–Crippen MR) is 83.0 cm³/mol. The standard InChI is InChI=1S/C17H26N2O/c1-3-18-12(2)14-6-4-5-7-16(14)19-10-13-8-9-17(20)15(13)11-19/h4-7,12-13,15,17-18,20H,3,8-11H2,1-2H3. The summed E-state index contributed by atoms with van der Waals surface area (Å²) < 4.78 is 0. The van der Waals surface area contributed by atoms with E-state index in [9.17, 15) is 5.11 Å². The lowest BCUT2D eigenvalue weighted by molar-refractivity contribution is 0.133. The number of nitrogens with zero attached hydrogens (tertiary/aromatic N) is 1. The first-order chi connectivity index (χ1) is 9.70. The SMILES string of the molecule is CCNC(C)c1ccccc1N1CC2CCC(O)C2C1. The van der Waals surface area contributed by atoms with E-state index in [4.69, 9.17) is 0 Å². The molecule has 1 heterocycles. The minimum absolute atomic E-state index is 0.0802. The number of fused-ring (bicyclic) bond motifs is 1. The molecule has 4 unspecified atom stereocenters. The molecule has 1 aliphatic carbocycles. The Morgan fingerprint density at radius 2 is 2.10 bits per heavy atom. The Bertz CT molecular complexity index is 462. The fraction of sp³-hybridized carbons (Fsp3) is 0.647. The van der Waals surface area contributed by atoms with Gasteiger partial charge in [-0.25, -0.2) is 0 Å². The summed E-state index contributed by atoms with van der Waals surface area (Å²) in [5, 5.41) is 13.6. The second kappa shape index (κ2) is 5.74. The number of para-hydroxylation sites is 1. The van der Waals surface area contributed by atoms with Crippen molar-refractivity contribution in [3.63, 3.8) is 0 Å². The molecule has 0 aromatic heterocycles.